The van der Waals surface area contributed by atoms with E-state index in [2.05, 4.69) is 34.4 Å². The van der Waals surface area contributed by atoms with Crippen molar-refractivity contribution in [2.24, 2.45) is 5.92 Å². The fourth-order valence-corrected chi connectivity index (χ4v) is 2.92. The van der Waals surface area contributed by atoms with Crippen LogP contribution < -0.4 is 5.32 Å². The summed E-state index contributed by atoms with van der Waals surface area (Å²) < 4.78 is 1.88. The van der Waals surface area contributed by atoms with Crippen LogP contribution in [0.1, 0.15) is 33.1 Å². The maximum atomic E-state index is 3.98. The van der Waals surface area contributed by atoms with Crippen molar-refractivity contribution in [3.05, 3.63) is 12.4 Å². The zero-order valence-corrected chi connectivity index (χ0v) is 12.3. The largest absolute Gasteiger partial charge is 0.312 e. The van der Waals surface area contributed by atoms with Crippen LogP contribution in [0.4, 0.5) is 0 Å². The highest BCUT2D eigenvalue weighted by molar-refractivity contribution is 4.79. The lowest BCUT2D eigenvalue weighted by Crippen LogP contribution is -2.42. The van der Waals surface area contributed by atoms with Gasteiger partial charge in [-0.15, -0.1) is 5.10 Å². The van der Waals surface area contributed by atoms with Gasteiger partial charge in [0.05, 0.1) is 12.7 Å². The number of nitrogens with zero attached hydrogens (tertiary/aromatic N) is 4. The van der Waals surface area contributed by atoms with Gasteiger partial charge in [-0.1, -0.05) is 12.1 Å². The van der Waals surface area contributed by atoms with E-state index in [0.717, 1.165) is 19.0 Å². The van der Waals surface area contributed by atoms with Gasteiger partial charge < -0.3 is 10.2 Å². The average molecular weight is 265 g/mol. The van der Waals surface area contributed by atoms with E-state index in [4.69, 9.17) is 0 Å². The molecule has 1 aliphatic rings. The summed E-state index contributed by atoms with van der Waals surface area (Å²) in [4.78, 5) is 2.60. The predicted molar refractivity (Wildman–Crippen MR) is 76.9 cm³/mol. The smallest absolute Gasteiger partial charge is 0.0692 e. The van der Waals surface area contributed by atoms with Gasteiger partial charge in [0, 0.05) is 18.8 Å². The summed E-state index contributed by atoms with van der Waals surface area (Å²) >= 11 is 0. The maximum Gasteiger partial charge on any atom is 0.0692 e. The third-order valence-corrected chi connectivity index (χ3v) is 4.16. The molecular formula is C14H27N5. The average Bonchev–Trinajstić information content (AvgIpc) is 2.93. The van der Waals surface area contributed by atoms with E-state index in [1.807, 2.05) is 10.9 Å². The number of nitrogens with one attached hydrogen (secondary N) is 1. The molecule has 0 aliphatic carbocycles. The standard InChI is InChI=1S/C14H27N5/c1-3-8-18-9-4-14(5-10-18)13(2)15-6-11-19-12-7-16-17-19/h7,12-15H,3-6,8-11H2,1-2H3. The van der Waals surface area contributed by atoms with Crippen molar-refractivity contribution in [3.8, 4) is 0 Å². The van der Waals surface area contributed by atoms with Gasteiger partial charge in [-0.25, -0.2) is 0 Å². The number of hydrogen-bond acceptors (Lipinski definition) is 4. The molecule has 0 saturated carbocycles. The van der Waals surface area contributed by atoms with Gasteiger partial charge in [0.25, 0.3) is 0 Å². The van der Waals surface area contributed by atoms with Crippen molar-refractivity contribution in [2.75, 3.05) is 26.2 Å². The minimum atomic E-state index is 0.604. The fourth-order valence-electron chi connectivity index (χ4n) is 2.92. The van der Waals surface area contributed by atoms with Crippen molar-refractivity contribution in [3.63, 3.8) is 0 Å². The summed E-state index contributed by atoms with van der Waals surface area (Å²) in [5, 5.41) is 11.4. The third kappa shape index (κ3) is 4.58. The molecule has 0 amide bonds. The predicted octanol–water partition coefficient (Wildman–Crippen LogP) is 1.38. The molecule has 1 atom stereocenters. The molecule has 1 N–H and O–H groups in total. The van der Waals surface area contributed by atoms with Gasteiger partial charge in [-0.05, 0) is 51.7 Å². The molecule has 1 aliphatic heterocycles. The monoisotopic (exact) mass is 265 g/mol. The number of rotatable bonds is 7. The first-order valence-corrected chi connectivity index (χ1v) is 7.59. The zero-order chi connectivity index (χ0) is 13.5. The lowest BCUT2D eigenvalue weighted by Gasteiger charge is -2.35. The fraction of sp³-hybridized carbons (Fsp3) is 0.857. The molecule has 1 unspecified atom stereocenters. The Balaban J connectivity index is 1.62. The summed E-state index contributed by atoms with van der Waals surface area (Å²) in [6.45, 7) is 10.3. The van der Waals surface area contributed by atoms with E-state index in [0.29, 0.717) is 6.04 Å². The van der Waals surface area contributed by atoms with Crippen molar-refractivity contribution in [1.29, 1.82) is 0 Å². The Hall–Kier alpha value is -0.940. The van der Waals surface area contributed by atoms with Gasteiger partial charge in [0.2, 0.25) is 0 Å². The molecule has 0 aromatic carbocycles. The van der Waals surface area contributed by atoms with Crippen LogP contribution in [0.3, 0.4) is 0 Å². The molecule has 2 heterocycles. The van der Waals surface area contributed by atoms with Gasteiger partial charge in [0.1, 0.15) is 0 Å². The molecule has 0 spiro atoms. The van der Waals surface area contributed by atoms with Crippen LogP contribution in [0.5, 0.6) is 0 Å². The van der Waals surface area contributed by atoms with E-state index in [9.17, 15) is 0 Å². The Morgan fingerprint density at radius 2 is 2.11 bits per heavy atom. The van der Waals surface area contributed by atoms with E-state index in [-0.39, 0.29) is 0 Å². The van der Waals surface area contributed by atoms with Crippen LogP contribution in [0.25, 0.3) is 0 Å². The summed E-state index contributed by atoms with van der Waals surface area (Å²) in [6, 6.07) is 0.604. The topological polar surface area (TPSA) is 46.0 Å². The number of aromatic nitrogens is 3. The van der Waals surface area contributed by atoms with Gasteiger partial charge in [0.15, 0.2) is 0 Å². The lowest BCUT2D eigenvalue weighted by atomic mass is 9.90. The molecule has 1 saturated heterocycles. The second-order valence-corrected chi connectivity index (χ2v) is 5.59. The first-order valence-electron chi connectivity index (χ1n) is 7.59. The summed E-state index contributed by atoms with van der Waals surface area (Å²) in [5.74, 6) is 0.823. The maximum absolute atomic E-state index is 3.98. The van der Waals surface area contributed by atoms with Gasteiger partial charge in [-0.3, -0.25) is 4.68 Å². The molecule has 5 heteroatoms. The van der Waals surface area contributed by atoms with E-state index in [1.54, 1.807) is 6.20 Å². The highest BCUT2D eigenvalue weighted by atomic mass is 15.4. The summed E-state index contributed by atoms with van der Waals surface area (Å²) in [7, 11) is 0. The van der Waals surface area contributed by atoms with Crippen molar-refractivity contribution in [2.45, 2.75) is 45.7 Å². The molecular weight excluding hydrogens is 238 g/mol. The van der Waals surface area contributed by atoms with E-state index >= 15 is 0 Å². The second kappa shape index (κ2) is 7.60. The van der Waals surface area contributed by atoms with Crippen LogP contribution in [0.15, 0.2) is 12.4 Å². The van der Waals surface area contributed by atoms with Crippen molar-refractivity contribution in [1.82, 2.24) is 25.2 Å². The van der Waals surface area contributed by atoms with Crippen LogP contribution in [0, 0.1) is 5.92 Å². The van der Waals surface area contributed by atoms with Crippen LogP contribution in [0.2, 0.25) is 0 Å². The number of piperidine rings is 1. The molecule has 1 fully saturated rings. The Morgan fingerprint density at radius 3 is 2.74 bits per heavy atom. The Kier molecular flexibility index (Phi) is 5.79. The number of hydrogen-bond donors (Lipinski definition) is 1. The molecule has 2 rings (SSSR count). The highest BCUT2D eigenvalue weighted by Gasteiger charge is 2.22. The van der Waals surface area contributed by atoms with E-state index in [1.165, 1.54) is 38.9 Å². The van der Waals surface area contributed by atoms with Crippen LogP contribution >= 0.6 is 0 Å². The normalized spacial score (nSPS) is 19.7. The second-order valence-electron chi connectivity index (χ2n) is 5.59. The van der Waals surface area contributed by atoms with Crippen molar-refractivity contribution >= 4 is 0 Å². The first kappa shape index (κ1) is 14.5. The summed E-state index contributed by atoms with van der Waals surface area (Å²) in [6.07, 6.45) is 7.58. The molecule has 108 valence electrons. The third-order valence-electron chi connectivity index (χ3n) is 4.16. The molecule has 1 aromatic rings. The molecule has 0 radical (unpaired) electrons. The molecule has 19 heavy (non-hydrogen) atoms. The van der Waals surface area contributed by atoms with E-state index < -0.39 is 0 Å². The Morgan fingerprint density at radius 1 is 1.32 bits per heavy atom. The Bertz CT molecular complexity index is 330. The first-order chi connectivity index (χ1) is 9.29. The molecule has 5 nitrogen and oxygen atoms in total. The SMILES string of the molecule is CCCN1CCC(C(C)NCCn2ccnn2)CC1. The van der Waals surface area contributed by atoms with Gasteiger partial charge >= 0.3 is 0 Å². The minimum Gasteiger partial charge on any atom is -0.312 e. The Labute approximate surface area is 116 Å². The van der Waals surface area contributed by atoms with Gasteiger partial charge in [-0.2, -0.15) is 0 Å². The molecule has 1 aromatic heterocycles. The van der Waals surface area contributed by atoms with Crippen LogP contribution in [-0.2, 0) is 6.54 Å². The highest BCUT2D eigenvalue weighted by Crippen LogP contribution is 2.20. The quantitative estimate of drug-likeness (QED) is 0.809. The zero-order valence-electron chi connectivity index (χ0n) is 12.3. The van der Waals surface area contributed by atoms with Crippen molar-refractivity contribution < 1.29 is 0 Å². The lowest BCUT2D eigenvalue weighted by molar-refractivity contribution is 0.162. The molecule has 0 bridgehead atoms. The van der Waals surface area contributed by atoms with Crippen LogP contribution in [-0.4, -0.2) is 52.1 Å². The summed E-state index contributed by atoms with van der Waals surface area (Å²) in [5.41, 5.74) is 0. The number of likely N-dealkylation sites (tertiary alicyclic amines) is 1. The minimum absolute atomic E-state index is 0.604.